The van der Waals surface area contributed by atoms with Gasteiger partial charge in [0.05, 0.1) is 0 Å². The summed E-state index contributed by atoms with van der Waals surface area (Å²) >= 11 is 5.78. The minimum absolute atomic E-state index is 0.0274. The highest BCUT2D eigenvalue weighted by Crippen LogP contribution is 2.14. The Bertz CT molecular complexity index is 576. The van der Waals surface area contributed by atoms with E-state index in [1.807, 2.05) is 12.1 Å². The number of halogens is 2. The maximum absolute atomic E-state index is 13.1. The molecule has 0 N–H and O–H groups in total. The van der Waals surface area contributed by atoms with Crippen molar-refractivity contribution in [3.8, 4) is 0 Å². The molecule has 92 valence electrons. The molecule has 0 aliphatic carbocycles. The van der Waals surface area contributed by atoms with Crippen molar-refractivity contribution in [2.45, 2.75) is 13.3 Å². The Kier molecular flexibility index (Phi) is 3.78. The smallest absolute Gasteiger partial charge is 0.167 e. The summed E-state index contributed by atoms with van der Waals surface area (Å²) in [6.45, 7) is 1.65. The van der Waals surface area contributed by atoms with E-state index in [9.17, 15) is 9.18 Å². The molecule has 0 unspecified atom stereocenters. The van der Waals surface area contributed by atoms with Crippen LogP contribution >= 0.6 is 11.6 Å². The average Bonchev–Trinajstić information content (AvgIpc) is 2.35. The van der Waals surface area contributed by atoms with Crippen molar-refractivity contribution < 1.29 is 9.18 Å². The van der Waals surface area contributed by atoms with Gasteiger partial charge in [-0.1, -0.05) is 23.7 Å². The molecule has 2 aromatic rings. The van der Waals surface area contributed by atoms with Crippen LogP contribution in [0.25, 0.3) is 0 Å². The van der Waals surface area contributed by atoms with Crippen molar-refractivity contribution in [2.24, 2.45) is 0 Å². The average molecular weight is 263 g/mol. The van der Waals surface area contributed by atoms with Crippen LogP contribution in [0, 0.1) is 12.7 Å². The van der Waals surface area contributed by atoms with Crippen molar-refractivity contribution in [2.75, 3.05) is 0 Å². The minimum Gasteiger partial charge on any atom is -0.294 e. The molecular formula is C15H12ClFO. The van der Waals surface area contributed by atoms with Crippen molar-refractivity contribution in [1.29, 1.82) is 0 Å². The molecule has 2 aromatic carbocycles. The minimum atomic E-state index is -0.293. The highest BCUT2D eigenvalue weighted by atomic mass is 35.5. The summed E-state index contributed by atoms with van der Waals surface area (Å²) in [5.41, 5.74) is 1.91. The van der Waals surface area contributed by atoms with Crippen LogP contribution in [0.1, 0.15) is 21.5 Å². The first kappa shape index (κ1) is 12.8. The van der Waals surface area contributed by atoms with Crippen molar-refractivity contribution >= 4 is 17.4 Å². The number of hydrogen-bond acceptors (Lipinski definition) is 1. The third-order valence-electron chi connectivity index (χ3n) is 2.76. The highest BCUT2D eigenvalue weighted by molar-refractivity contribution is 6.30. The van der Waals surface area contributed by atoms with Crippen LogP contribution in [0.5, 0.6) is 0 Å². The lowest BCUT2D eigenvalue weighted by Crippen LogP contribution is -2.04. The van der Waals surface area contributed by atoms with Crippen LogP contribution in [0.4, 0.5) is 4.39 Å². The molecule has 0 radical (unpaired) electrons. The monoisotopic (exact) mass is 262 g/mol. The van der Waals surface area contributed by atoms with Crippen molar-refractivity contribution in [1.82, 2.24) is 0 Å². The van der Waals surface area contributed by atoms with Gasteiger partial charge in [-0.05, 0) is 48.4 Å². The van der Waals surface area contributed by atoms with Crippen LogP contribution in [0.15, 0.2) is 42.5 Å². The molecule has 0 saturated heterocycles. The molecule has 1 nitrogen and oxygen atoms in total. The molecule has 0 atom stereocenters. The molecule has 18 heavy (non-hydrogen) atoms. The summed E-state index contributed by atoms with van der Waals surface area (Å²) in [7, 11) is 0. The van der Waals surface area contributed by atoms with Crippen molar-refractivity contribution in [3.05, 3.63) is 70.0 Å². The number of rotatable bonds is 3. The molecule has 0 bridgehead atoms. The van der Waals surface area contributed by atoms with Gasteiger partial charge in [-0.25, -0.2) is 4.39 Å². The predicted molar refractivity (Wildman–Crippen MR) is 70.6 cm³/mol. The second-order valence-corrected chi connectivity index (χ2v) is 4.63. The number of hydrogen-bond donors (Lipinski definition) is 0. The maximum atomic E-state index is 13.1. The molecule has 0 fully saturated rings. The van der Waals surface area contributed by atoms with E-state index < -0.39 is 0 Å². The number of Topliss-reactive ketones (excluding diaryl/α,β-unsaturated/α-hetero) is 1. The fourth-order valence-corrected chi connectivity index (χ4v) is 1.83. The summed E-state index contributed by atoms with van der Waals surface area (Å²) in [6.07, 6.45) is 0.294. The van der Waals surface area contributed by atoms with Gasteiger partial charge >= 0.3 is 0 Å². The van der Waals surface area contributed by atoms with E-state index in [-0.39, 0.29) is 11.6 Å². The summed E-state index contributed by atoms with van der Waals surface area (Å²) in [6, 6.07) is 11.5. The summed E-state index contributed by atoms with van der Waals surface area (Å²) in [5.74, 6) is -0.321. The Morgan fingerprint density at radius 1 is 1.17 bits per heavy atom. The second kappa shape index (κ2) is 5.32. The van der Waals surface area contributed by atoms with Crippen LogP contribution in [0.2, 0.25) is 5.02 Å². The Morgan fingerprint density at radius 2 is 1.83 bits per heavy atom. The second-order valence-electron chi connectivity index (χ2n) is 4.19. The van der Waals surface area contributed by atoms with Crippen LogP contribution in [-0.4, -0.2) is 5.78 Å². The molecule has 0 spiro atoms. The maximum Gasteiger partial charge on any atom is 0.167 e. The van der Waals surface area contributed by atoms with E-state index in [0.29, 0.717) is 22.6 Å². The fraction of sp³-hybridized carbons (Fsp3) is 0.133. The molecule has 3 heteroatoms. The van der Waals surface area contributed by atoms with Crippen LogP contribution in [-0.2, 0) is 6.42 Å². The van der Waals surface area contributed by atoms with Crippen LogP contribution < -0.4 is 0 Å². The number of carbonyl (C=O) groups is 1. The van der Waals surface area contributed by atoms with Gasteiger partial charge in [0.2, 0.25) is 0 Å². The van der Waals surface area contributed by atoms with Gasteiger partial charge < -0.3 is 0 Å². The predicted octanol–water partition coefficient (Wildman–Crippen LogP) is 4.21. The van der Waals surface area contributed by atoms with Gasteiger partial charge in [0.1, 0.15) is 5.82 Å². The number of carbonyl (C=O) groups excluding carboxylic acids is 1. The molecule has 0 aromatic heterocycles. The standard InChI is InChI=1S/C15H12ClFO/c1-10-8-12(4-7-14(10)17)15(18)9-11-2-5-13(16)6-3-11/h2-8H,9H2,1H3. The zero-order chi connectivity index (χ0) is 13.1. The first-order valence-electron chi connectivity index (χ1n) is 5.60. The van der Waals surface area contributed by atoms with E-state index >= 15 is 0 Å². The summed E-state index contributed by atoms with van der Waals surface area (Å²) < 4.78 is 13.1. The zero-order valence-corrected chi connectivity index (χ0v) is 10.7. The van der Waals surface area contributed by atoms with E-state index in [0.717, 1.165) is 5.56 Å². The van der Waals surface area contributed by atoms with Gasteiger partial charge in [0.15, 0.2) is 5.78 Å². The number of aryl methyl sites for hydroxylation is 1. The Morgan fingerprint density at radius 3 is 2.44 bits per heavy atom. The third kappa shape index (κ3) is 2.96. The zero-order valence-electron chi connectivity index (χ0n) is 9.91. The first-order valence-corrected chi connectivity index (χ1v) is 5.98. The van der Waals surface area contributed by atoms with Gasteiger partial charge in [-0.3, -0.25) is 4.79 Å². The van der Waals surface area contributed by atoms with Crippen LogP contribution in [0.3, 0.4) is 0 Å². The Labute approximate surface area is 110 Å². The highest BCUT2D eigenvalue weighted by Gasteiger charge is 2.08. The molecule has 0 saturated carbocycles. The van der Waals surface area contributed by atoms with Gasteiger partial charge in [-0.15, -0.1) is 0 Å². The van der Waals surface area contributed by atoms with E-state index in [2.05, 4.69) is 0 Å². The lowest BCUT2D eigenvalue weighted by atomic mass is 10.0. The van der Waals surface area contributed by atoms with E-state index in [1.165, 1.54) is 12.1 Å². The topological polar surface area (TPSA) is 17.1 Å². The van der Waals surface area contributed by atoms with Gasteiger partial charge in [0.25, 0.3) is 0 Å². The van der Waals surface area contributed by atoms with Crippen molar-refractivity contribution in [3.63, 3.8) is 0 Å². The molecule has 2 rings (SSSR count). The third-order valence-corrected chi connectivity index (χ3v) is 3.01. The lowest BCUT2D eigenvalue weighted by molar-refractivity contribution is 0.0993. The Balaban J connectivity index is 2.16. The quantitative estimate of drug-likeness (QED) is 0.757. The van der Waals surface area contributed by atoms with E-state index in [4.69, 9.17) is 11.6 Å². The lowest BCUT2D eigenvalue weighted by Gasteiger charge is -2.03. The largest absolute Gasteiger partial charge is 0.294 e. The molecule has 0 aliphatic heterocycles. The molecular weight excluding hydrogens is 251 g/mol. The molecule has 0 heterocycles. The first-order chi connectivity index (χ1) is 8.56. The van der Waals surface area contributed by atoms with Gasteiger partial charge in [-0.2, -0.15) is 0 Å². The number of benzene rings is 2. The fourth-order valence-electron chi connectivity index (χ4n) is 1.71. The number of ketones is 1. The summed E-state index contributed by atoms with van der Waals surface area (Å²) in [5, 5.41) is 0.642. The molecule has 0 aliphatic rings. The summed E-state index contributed by atoms with van der Waals surface area (Å²) in [4.78, 5) is 12.0. The normalized spacial score (nSPS) is 10.4. The Hall–Kier alpha value is -1.67. The van der Waals surface area contributed by atoms with E-state index in [1.54, 1.807) is 25.1 Å². The SMILES string of the molecule is Cc1cc(C(=O)Cc2ccc(Cl)cc2)ccc1F. The van der Waals surface area contributed by atoms with Gasteiger partial charge in [0, 0.05) is 17.0 Å². The molecule has 0 amide bonds.